The van der Waals surface area contributed by atoms with E-state index in [1.54, 1.807) is 13.1 Å². The Bertz CT molecular complexity index is 575. The highest BCUT2D eigenvalue weighted by atomic mass is 16.5. The van der Waals surface area contributed by atoms with Crippen LogP contribution in [0.1, 0.15) is 18.1 Å². The topological polar surface area (TPSA) is 81.0 Å². The molecule has 1 aromatic heterocycles. The lowest BCUT2D eigenvalue weighted by Gasteiger charge is -2.10. The second-order valence-electron chi connectivity index (χ2n) is 4.70. The minimum Gasteiger partial charge on any atom is -0.465 e. The number of aromatic amines is 1. The van der Waals surface area contributed by atoms with Gasteiger partial charge in [0.15, 0.2) is 0 Å². The third kappa shape index (κ3) is 3.24. The molecule has 3 N–H and O–H groups in total. The van der Waals surface area contributed by atoms with E-state index >= 15 is 0 Å². The molecule has 0 spiro atoms. The summed E-state index contributed by atoms with van der Waals surface area (Å²) in [6, 6.07) is 7.43. The highest BCUT2D eigenvalue weighted by Gasteiger charge is 2.18. The predicted molar refractivity (Wildman–Crippen MR) is 77.1 cm³/mol. The van der Waals surface area contributed by atoms with Crippen molar-refractivity contribution >= 4 is 5.97 Å². The average molecular weight is 273 g/mol. The van der Waals surface area contributed by atoms with Gasteiger partial charge in [-0.2, -0.15) is 5.10 Å². The van der Waals surface area contributed by atoms with E-state index in [0.29, 0.717) is 13.0 Å². The number of carbonyl (C=O) groups is 1. The Labute approximate surface area is 118 Å². The molecule has 1 unspecified atom stereocenters. The lowest BCUT2D eigenvalue weighted by Crippen LogP contribution is -2.34. The van der Waals surface area contributed by atoms with Crippen molar-refractivity contribution in [3.8, 4) is 11.3 Å². The Balaban J connectivity index is 2.16. The Morgan fingerprint density at radius 2 is 2.10 bits per heavy atom. The zero-order valence-electron chi connectivity index (χ0n) is 11.7. The van der Waals surface area contributed by atoms with E-state index in [1.165, 1.54) is 5.56 Å². The molecular formula is C15H19N3O2. The van der Waals surface area contributed by atoms with Crippen molar-refractivity contribution in [3.63, 3.8) is 0 Å². The fourth-order valence-corrected chi connectivity index (χ4v) is 2.01. The van der Waals surface area contributed by atoms with Gasteiger partial charge in [0.25, 0.3) is 0 Å². The normalized spacial score (nSPS) is 12.2. The van der Waals surface area contributed by atoms with Gasteiger partial charge in [0.05, 0.1) is 18.5 Å². The summed E-state index contributed by atoms with van der Waals surface area (Å²) in [6.07, 6.45) is 2.10. The highest BCUT2D eigenvalue weighted by Crippen LogP contribution is 2.22. The first-order valence-electron chi connectivity index (χ1n) is 6.63. The van der Waals surface area contributed by atoms with Gasteiger partial charge in [0, 0.05) is 6.42 Å². The van der Waals surface area contributed by atoms with Crippen LogP contribution in [0.2, 0.25) is 0 Å². The average Bonchev–Trinajstić information content (AvgIpc) is 2.88. The molecule has 5 nitrogen and oxygen atoms in total. The number of benzene rings is 1. The second-order valence-corrected chi connectivity index (χ2v) is 4.70. The summed E-state index contributed by atoms with van der Waals surface area (Å²) in [7, 11) is 0. The monoisotopic (exact) mass is 273 g/mol. The quantitative estimate of drug-likeness (QED) is 0.814. The Kier molecular flexibility index (Phi) is 4.53. The second kappa shape index (κ2) is 6.34. The van der Waals surface area contributed by atoms with Gasteiger partial charge < -0.3 is 10.5 Å². The zero-order chi connectivity index (χ0) is 14.5. The summed E-state index contributed by atoms with van der Waals surface area (Å²) in [5.74, 6) is -0.386. The molecule has 2 rings (SSSR count). The molecule has 0 bridgehead atoms. The van der Waals surface area contributed by atoms with E-state index in [9.17, 15) is 4.79 Å². The van der Waals surface area contributed by atoms with Crippen molar-refractivity contribution in [1.82, 2.24) is 10.2 Å². The van der Waals surface area contributed by atoms with Gasteiger partial charge in [-0.05, 0) is 25.0 Å². The molecule has 0 saturated carbocycles. The maximum absolute atomic E-state index is 11.6. The number of H-pyrrole nitrogens is 1. The molecule has 0 saturated heterocycles. The fraction of sp³-hybridized carbons (Fsp3) is 0.333. The summed E-state index contributed by atoms with van der Waals surface area (Å²) in [5, 5.41) is 7.01. The smallest absolute Gasteiger partial charge is 0.323 e. The van der Waals surface area contributed by atoms with Crippen molar-refractivity contribution in [2.45, 2.75) is 26.3 Å². The number of aryl methyl sites for hydroxylation is 1. The van der Waals surface area contributed by atoms with Gasteiger partial charge in [-0.15, -0.1) is 0 Å². The van der Waals surface area contributed by atoms with Gasteiger partial charge in [0.1, 0.15) is 6.04 Å². The standard InChI is InChI=1S/C15H19N3O2/c1-3-20-15(19)13(16)8-12-9-17-18-14(12)11-6-4-10(2)5-7-11/h4-7,9,13H,3,8,16H2,1-2H3,(H,17,18). The summed E-state index contributed by atoms with van der Waals surface area (Å²) in [6.45, 7) is 4.14. The van der Waals surface area contributed by atoms with Crippen molar-refractivity contribution in [1.29, 1.82) is 0 Å². The van der Waals surface area contributed by atoms with Crippen LogP contribution < -0.4 is 5.73 Å². The first-order chi connectivity index (χ1) is 9.61. The van der Waals surface area contributed by atoms with Gasteiger partial charge in [-0.3, -0.25) is 9.89 Å². The van der Waals surface area contributed by atoms with Crippen molar-refractivity contribution in [2.24, 2.45) is 5.73 Å². The SMILES string of the molecule is CCOC(=O)C(N)Cc1cn[nH]c1-c1ccc(C)cc1. The van der Waals surface area contributed by atoms with E-state index in [0.717, 1.165) is 16.8 Å². The van der Waals surface area contributed by atoms with Crippen molar-refractivity contribution in [3.05, 3.63) is 41.6 Å². The van der Waals surface area contributed by atoms with Crippen LogP contribution in [0.25, 0.3) is 11.3 Å². The van der Waals surface area contributed by atoms with Gasteiger partial charge in [-0.25, -0.2) is 0 Å². The van der Waals surface area contributed by atoms with Gasteiger partial charge >= 0.3 is 5.97 Å². The minimum absolute atomic E-state index is 0.336. The van der Waals surface area contributed by atoms with Crippen LogP contribution in [0, 0.1) is 6.92 Å². The molecule has 2 aromatic rings. The summed E-state index contributed by atoms with van der Waals surface area (Å²) in [4.78, 5) is 11.6. The van der Waals surface area contributed by atoms with E-state index in [-0.39, 0.29) is 5.97 Å². The Hall–Kier alpha value is -2.14. The predicted octanol–water partition coefficient (Wildman–Crippen LogP) is 1.82. The molecule has 106 valence electrons. The summed E-state index contributed by atoms with van der Waals surface area (Å²) < 4.78 is 4.92. The lowest BCUT2D eigenvalue weighted by molar-refractivity contribution is -0.144. The van der Waals surface area contributed by atoms with E-state index in [2.05, 4.69) is 10.2 Å². The van der Waals surface area contributed by atoms with Gasteiger partial charge in [-0.1, -0.05) is 29.8 Å². The molecule has 0 fully saturated rings. The third-order valence-corrected chi connectivity index (χ3v) is 3.09. The lowest BCUT2D eigenvalue weighted by atomic mass is 10.0. The van der Waals surface area contributed by atoms with Crippen LogP contribution in [0.3, 0.4) is 0 Å². The van der Waals surface area contributed by atoms with Crippen LogP contribution in [0.4, 0.5) is 0 Å². The Morgan fingerprint density at radius 3 is 2.75 bits per heavy atom. The third-order valence-electron chi connectivity index (χ3n) is 3.09. The number of carbonyl (C=O) groups excluding carboxylic acids is 1. The molecule has 0 amide bonds. The van der Waals surface area contributed by atoms with Crippen molar-refractivity contribution < 1.29 is 9.53 Å². The van der Waals surface area contributed by atoms with Crippen LogP contribution >= 0.6 is 0 Å². The maximum atomic E-state index is 11.6. The number of nitrogens with zero attached hydrogens (tertiary/aromatic N) is 1. The largest absolute Gasteiger partial charge is 0.465 e. The molecule has 1 atom stereocenters. The Morgan fingerprint density at radius 1 is 1.40 bits per heavy atom. The molecule has 0 aliphatic carbocycles. The van der Waals surface area contributed by atoms with Crippen LogP contribution in [-0.4, -0.2) is 28.8 Å². The maximum Gasteiger partial charge on any atom is 0.323 e. The molecular weight excluding hydrogens is 254 g/mol. The number of nitrogens with two attached hydrogens (primary N) is 1. The first-order valence-corrected chi connectivity index (χ1v) is 6.63. The molecule has 0 aliphatic rings. The number of hydrogen-bond donors (Lipinski definition) is 2. The molecule has 20 heavy (non-hydrogen) atoms. The van der Waals surface area contributed by atoms with E-state index < -0.39 is 6.04 Å². The zero-order valence-corrected chi connectivity index (χ0v) is 11.7. The van der Waals surface area contributed by atoms with Crippen molar-refractivity contribution in [2.75, 3.05) is 6.61 Å². The van der Waals surface area contributed by atoms with Crippen LogP contribution in [-0.2, 0) is 16.0 Å². The van der Waals surface area contributed by atoms with Gasteiger partial charge in [0.2, 0.25) is 0 Å². The summed E-state index contributed by atoms with van der Waals surface area (Å²) in [5.41, 5.74) is 9.87. The molecule has 5 heteroatoms. The number of hydrogen-bond acceptors (Lipinski definition) is 4. The summed E-state index contributed by atoms with van der Waals surface area (Å²) >= 11 is 0. The molecule has 1 aromatic carbocycles. The first kappa shape index (κ1) is 14.3. The fourth-order valence-electron chi connectivity index (χ4n) is 2.01. The molecule has 0 radical (unpaired) electrons. The highest BCUT2D eigenvalue weighted by molar-refractivity contribution is 5.76. The molecule has 1 heterocycles. The number of aromatic nitrogens is 2. The van der Waals surface area contributed by atoms with Crippen LogP contribution in [0.5, 0.6) is 0 Å². The number of rotatable bonds is 5. The number of nitrogens with one attached hydrogen (secondary N) is 1. The van der Waals surface area contributed by atoms with E-state index in [4.69, 9.17) is 10.5 Å². The molecule has 0 aliphatic heterocycles. The number of ether oxygens (including phenoxy) is 1. The number of esters is 1. The van der Waals surface area contributed by atoms with Crippen LogP contribution in [0.15, 0.2) is 30.5 Å². The minimum atomic E-state index is -0.670. The van der Waals surface area contributed by atoms with E-state index in [1.807, 2.05) is 31.2 Å².